The minimum atomic E-state index is -0.0863. The molecule has 1 saturated heterocycles. The largest absolute Gasteiger partial charge is 0.469 e. The van der Waals surface area contributed by atoms with Gasteiger partial charge in [0.2, 0.25) is 0 Å². The Morgan fingerprint density at radius 3 is 2.38 bits per heavy atom. The smallest absolute Gasteiger partial charge is 0.305 e. The van der Waals surface area contributed by atoms with Crippen LogP contribution in [0.4, 0.5) is 0 Å². The predicted octanol–water partition coefficient (Wildman–Crippen LogP) is 1.73. The van der Waals surface area contributed by atoms with Gasteiger partial charge in [-0.3, -0.25) is 4.79 Å². The van der Waals surface area contributed by atoms with Crippen molar-refractivity contribution < 1.29 is 19.0 Å². The van der Waals surface area contributed by atoms with E-state index in [-0.39, 0.29) is 12.3 Å². The summed E-state index contributed by atoms with van der Waals surface area (Å²) in [5.41, 5.74) is 0. The molecule has 1 aliphatic carbocycles. The first-order valence-electron chi connectivity index (χ1n) is 6.09. The standard InChI is InChI=1S/C12H20O4/c1-14-11(13)8-9-2-4-10(5-3-9)12-15-6-7-16-12/h9-10,12H,2-8H2,1H3. The zero-order chi connectivity index (χ0) is 11.4. The van der Waals surface area contributed by atoms with Crippen LogP contribution in [0.5, 0.6) is 0 Å². The van der Waals surface area contributed by atoms with Crippen LogP contribution in [0, 0.1) is 11.8 Å². The molecule has 1 saturated carbocycles. The molecule has 0 unspecified atom stereocenters. The van der Waals surface area contributed by atoms with E-state index < -0.39 is 0 Å². The van der Waals surface area contributed by atoms with Gasteiger partial charge in [-0.05, 0) is 31.6 Å². The Bertz CT molecular complexity index is 227. The van der Waals surface area contributed by atoms with Crippen molar-refractivity contribution in [3.63, 3.8) is 0 Å². The van der Waals surface area contributed by atoms with Gasteiger partial charge >= 0.3 is 5.97 Å². The molecule has 1 aliphatic heterocycles. The lowest BCUT2D eigenvalue weighted by molar-refractivity contribution is -0.142. The van der Waals surface area contributed by atoms with Crippen LogP contribution in [0.3, 0.4) is 0 Å². The number of rotatable bonds is 3. The van der Waals surface area contributed by atoms with E-state index in [1.165, 1.54) is 7.11 Å². The SMILES string of the molecule is COC(=O)CC1CCC(C2OCCO2)CC1. The van der Waals surface area contributed by atoms with Gasteiger partial charge in [0.1, 0.15) is 0 Å². The second-order valence-electron chi connectivity index (χ2n) is 4.67. The molecular formula is C12H20O4. The molecule has 1 heterocycles. The average molecular weight is 228 g/mol. The van der Waals surface area contributed by atoms with Gasteiger partial charge in [-0.25, -0.2) is 0 Å². The van der Waals surface area contributed by atoms with Gasteiger partial charge in [-0.2, -0.15) is 0 Å². The highest BCUT2D eigenvalue weighted by Crippen LogP contribution is 2.35. The van der Waals surface area contributed by atoms with Crippen molar-refractivity contribution >= 4 is 5.97 Å². The third-order valence-corrected chi connectivity index (χ3v) is 3.61. The third kappa shape index (κ3) is 2.95. The number of ether oxygens (including phenoxy) is 3. The molecule has 0 N–H and O–H groups in total. The lowest BCUT2D eigenvalue weighted by Gasteiger charge is -2.30. The van der Waals surface area contributed by atoms with E-state index >= 15 is 0 Å². The normalized spacial score (nSPS) is 31.6. The highest BCUT2D eigenvalue weighted by atomic mass is 16.7. The summed E-state index contributed by atoms with van der Waals surface area (Å²) in [6, 6.07) is 0. The first-order valence-corrected chi connectivity index (χ1v) is 6.09. The summed E-state index contributed by atoms with van der Waals surface area (Å²) in [5.74, 6) is 0.929. The fourth-order valence-electron chi connectivity index (χ4n) is 2.63. The first kappa shape index (κ1) is 11.9. The second kappa shape index (κ2) is 5.64. The number of hydrogen-bond acceptors (Lipinski definition) is 4. The number of esters is 1. The van der Waals surface area contributed by atoms with Gasteiger partial charge in [0, 0.05) is 12.3 Å². The number of hydrogen-bond donors (Lipinski definition) is 0. The predicted molar refractivity (Wildman–Crippen MR) is 57.8 cm³/mol. The number of carbonyl (C=O) groups is 1. The molecule has 92 valence electrons. The van der Waals surface area contributed by atoms with E-state index in [0.29, 0.717) is 18.3 Å². The highest BCUT2D eigenvalue weighted by molar-refractivity contribution is 5.69. The van der Waals surface area contributed by atoms with Gasteiger partial charge in [0.25, 0.3) is 0 Å². The van der Waals surface area contributed by atoms with Crippen molar-refractivity contribution in [1.29, 1.82) is 0 Å². The highest BCUT2D eigenvalue weighted by Gasteiger charge is 2.31. The molecule has 0 spiro atoms. The second-order valence-corrected chi connectivity index (χ2v) is 4.67. The van der Waals surface area contributed by atoms with Crippen LogP contribution in [0.2, 0.25) is 0 Å². The molecule has 0 amide bonds. The molecule has 2 fully saturated rings. The fraction of sp³-hybridized carbons (Fsp3) is 0.917. The minimum absolute atomic E-state index is 0.0130. The zero-order valence-corrected chi connectivity index (χ0v) is 9.81. The van der Waals surface area contributed by atoms with Crippen molar-refractivity contribution in [3.8, 4) is 0 Å². The summed E-state index contributed by atoms with van der Waals surface area (Å²) in [6.07, 6.45) is 4.96. The van der Waals surface area contributed by atoms with E-state index in [4.69, 9.17) is 14.2 Å². The van der Waals surface area contributed by atoms with Crippen molar-refractivity contribution in [3.05, 3.63) is 0 Å². The number of methoxy groups -OCH3 is 1. The molecule has 2 aliphatic rings. The van der Waals surface area contributed by atoms with Gasteiger partial charge in [-0.15, -0.1) is 0 Å². The Morgan fingerprint density at radius 2 is 1.81 bits per heavy atom. The molecule has 0 radical (unpaired) electrons. The van der Waals surface area contributed by atoms with Crippen molar-refractivity contribution in [2.45, 2.75) is 38.4 Å². The van der Waals surface area contributed by atoms with E-state index in [1.54, 1.807) is 0 Å². The quantitative estimate of drug-likeness (QED) is 0.690. The van der Waals surface area contributed by atoms with Crippen LogP contribution < -0.4 is 0 Å². The molecule has 0 aromatic carbocycles. The molecule has 16 heavy (non-hydrogen) atoms. The number of carbonyl (C=O) groups excluding carboxylic acids is 1. The van der Waals surface area contributed by atoms with Crippen LogP contribution in [0.15, 0.2) is 0 Å². The van der Waals surface area contributed by atoms with Crippen molar-refractivity contribution in [2.75, 3.05) is 20.3 Å². The van der Waals surface area contributed by atoms with E-state index in [9.17, 15) is 4.79 Å². The summed E-state index contributed by atoms with van der Waals surface area (Å²) in [4.78, 5) is 11.1. The van der Waals surface area contributed by atoms with Crippen LogP contribution in [0.25, 0.3) is 0 Å². The topological polar surface area (TPSA) is 44.8 Å². The summed E-state index contributed by atoms with van der Waals surface area (Å²) < 4.78 is 15.7. The zero-order valence-electron chi connectivity index (χ0n) is 9.81. The van der Waals surface area contributed by atoms with Gasteiger partial charge in [0.15, 0.2) is 6.29 Å². The maximum absolute atomic E-state index is 11.1. The average Bonchev–Trinajstić information content (AvgIpc) is 2.83. The first-order chi connectivity index (χ1) is 7.79. The Balaban J connectivity index is 1.71. The van der Waals surface area contributed by atoms with Crippen LogP contribution in [0.1, 0.15) is 32.1 Å². The maximum atomic E-state index is 11.1. The Kier molecular flexibility index (Phi) is 4.18. The summed E-state index contributed by atoms with van der Waals surface area (Å²) >= 11 is 0. The molecule has 0 aromatic heterocycles. The van der Waals surface area contributed by atoms with Crippen molar-refractivity contribution in [1.82, 2.24) is 0 Å². The van der Waals surface area contributed by atoms with Gasteiger partial charge in [-0.1, -0.05) is 0 Å². The lowest BCUT2D eigenvalue weighted by atomic mass is 9.80. The molecular weight excluding hydrogens is 208 g/mol. The molecule has 4 heteroatoms. The third-order valence-electron chi connectivity index (χ3n) is 3.61. The monoisotopic (exact) mass is 228 g/mol. The summed E-state index contributed by atoms with van der Waals surface area (Å²) in [5, 5.41) is 0. The van der Waals surface area contributed by atoms with Gasteiger partial charge < -0.3 is 14.2 Å². The van der Waals surface area contributed by atoms with E-state index in [0.717, 1.165) is 38.9 Å². The fourth-order valence-corrected chi connectivity index (χ4v) is 2.63. The maximum Gasteiger partial charge on any atom is 0.305 e. The van der Waals surface area contributed by atoms with Crippen molar-refractivity contribution in [2.24, 2.45) is 11.8 Å². The van der Waals surface area contributed by atoms with Crippen LogP contribution >= 0.6 is 0 Å². The van der Waals surface area contributed by atoms with Crippen LogP contribution in [-0.2, 0) is 19.0 Å². The Labute approximate surface area is 96.2 Å². The van der Waals surface area contributed by atoms with Crippen LogP contribution in [-0.4, -0.2) is 32.6 Å². The summed E-state index contributed by atoms with van der Waals surface area (Å²) in [7, 11) is 1.45. The van der Waals surface area contributed by atoms with Gasteiger partial charge in [0.05, 0.1) is 20.3 Å². The van der Waals surface area contributed by atoms with E-state index in [2.05, 4.69) is 0 Å². The van der Waals surface area contributed by atoms with E-state index in [1.807, 2.05) is 0 Å². The molecule has 2 rings (SSSR count). The Morgan fingerprint density at radius 1 is 1.19 bits per heavy atom. The lowest BCUT2D eigenvalue weighted by Crippen LogP contribution is -2.27. The minimum Gasteiger partial charge on any atom is -0.469 e. The molecule has 0 atom stereocenters. The summed E-state index contributed by atoms with van der Waals surface area (Å²) in [6.45, 7) is 1.46. The molecule has 0 aromatic rings. The Hall–Kier alpha value is -0.610. The molecule has 4 nitrogen and oxygen atoms in total. The molecule has 0 bridgehead atoms.